The molecule has 0 saturated heterocycles. The minimum absolute atomic E-state index is 0.0402. The van der Waals surface area contributed by atoms with Crippen molar-refractivity contribution in [1.29, 1.82) is 0 Å². The van der Waals surface area contributed by atoms with Gasteiger partial charge in [0, 0.05) is 5.71 Å². The molecule has 1 atom stereocenters. The molecular formula is C19H22N2O. The van der Waals surface area contributed by atoms with Crippen molar-refractivity contribution in [3.8, 4) is 0 Å². The van der Waals surface area contributed by atoms with Crippen molar-refractivity contribution in [2.24, 2.45) is 11.0 Å². The Kier molecular flexibility index (Phi) is 4.52. The zero-order valence-corrected chi connectivity index (χ0v) is 13.0. The van der Waals surface area contributed by atoms with Crippen LogP contribution in [0.2, 0.25) is 0 Å². The second-order valence-electron chi connectivity index (χ2n) is 6.10. The zero-order chi connectivity index (χ0) is 15.4. The van der Waals surface area contributed by atoms with Crippen LogP contribution in [0.3, 0.4) is 0 Å². The van der Waals surface area contributed by atoms with Crippen molar-refractivity contribution in [2.75, 3.05) is 0 Å². The molecule has 1 saturated carbocycles. The number of carbonyl (C=O) groups excluding carboxylic acids is 1. The summed E-state index contributed by atoms with van der Waals surface area (Å²) in [6, 6.07) is 14.2. The first-order valence-corrected chi connectivity index (χ1v) is 8.06. The topological polar surface area (TPSA) is 41.5 Å². The van der Waals surface area contributed by atoms with Crippen molar-refractivity contribution in [3.63, 3.8) is 0 Å². The maximum atomic E-state index is 12.2. The Balaban J connectivity index is 1.70. The van der Waals surface area contributed by atoms with E-state index in [0.717, 1.165) is 23.1 Å². The average Bonchev–Trinajstić information content (AvgIpc) is 2.54. The normalized spacial score (nSPS) is 20.2. The molecule has 0 aliphatic heterocycles. The van der Waals surface area contributed by atoms with Crippen LogP contribution < -0.4 is 5.43 Å². The number of carbonyl (C=O) groups is 1. The van der Waals surface area contributed by atoms with Crippen LogP contribution in [0.1, 0.15) is 38.2 Å². The third-order valence-electron chi connectivity index (χ3n) is 4.44. The molecule has 0 aromatic heterocycles. The van der Waals surface area contributed by atoms with Gasteiger partial charge in [-0.2, -0.15) is 5.10 Å². The predicted octanol–water partition coefficient (Wildman–Crippen LogP) is 4.06. The first-order chi connectivity index (χ1) is 10.7. The molecule has 22 heavy (non-hydrogen) atoms. The summed E-state index contributed by atoms with van der Waals surface area (Å²) in [7, 11) is 0. The van der Waals surface area contributed by atoms with Crippen LogP contribution in [0.4, 0.5) is 0 Å². The summed E-state index contributed by atoms with van der Waals surface area (Å²) in [5, 5.41) is 6.66. The standard InChI is InChI=1S/C19H22N2O/c1-14-7-2-5-12-18(14)20-21-19(22)13-16-10-6-9-15-8-3-4-11-17(15)16/h3-4,6,8-11,14H,2,5,7,12-13H2,1H3,(H,21,22)/b20-18-/t14-/m0/s1. The molecule has 2 aromatic rings. The second kappa shape index (κ2) is 6.73. The van der Waals surface area contributed by atoms with Crippen LogP contribution in [0.15, 0.2) is 47.6 Å². The monoisotopic (exact) mass is 294 g/mol. The highest BCUT2D eigenvalue weighted by molar-refractivity contribution is 5.91. The predicted molar refractivity (Wildman–Crippen MR) is 90.9 cm³/mol. The van der Waals surface area contributed by atoms with Gasteiger partial charge in [0.1, 0.15) is 0 Å². The quantitative estimate of drug-likeness (QED) is 0.852. The molecule has 114 valence electrons. The molecule has 0 unspecified atom stereocenters. The SMILES string of the molecule is C[C@H]1CCCC/C1=N/NC(=O)Cc1cccc2ccccc12. The Labute approximate surface area is 131 Å². The Morgan fingerprint density at radius 1 is 1.18 bits per heavy atom. The van der Waals surface area contributed by atoms with Gasteiger partial charge in [0.2, 0.25) is 5.91 Å². The molecule has 0 radical (unpaired) electrons. The van der Waals surface area contributed by atoms with E-state index in [9.17, 15) is 4.79 Å². The number of hydrogen-bond donors (Lipinski definition) is 1. The number of benzene rings is 2. The molecule has 1 aliphatic rings. The van der Waals surface area contributed by atoms with Gasteiger partial charge in [-0.25, -0.2) is 5.43 Å². The first-order valence-electron chi connectivity index (χ1n) is 8.06. The van der Waals surface area contributed by atoms with E-state index in [1.807, 2.05) is 24.3 Å². The van der Waals surface area contributed by atoms with Crippen LogP contribution in [-0.2, 0) is 11.2 Å². The maximum Gasteiger partial charge on any atom is 0.244 e. The van der Waals surface area contributed by atoms with E-state index in [4.69, 9.17) is 0 Å². The summed E-state index contributed by atoms with van der Waals surface area (Å²) in [6.45, 7) is 2.19. The smallest absolute Gasteiger partial charge is 0.244 e. The first kappa shape index (κ1) is 14.8. The minimum Gasteiger partial charge on any atom is -0.273 e. The highest BCUT2D eigenvalue weighted by Crippen LogP contribution is 2.21. The van der Waals surface area contributed by atoms with E-state index in [1.54, 1.807) is 0 Å². The van der Waals surface area contributed by atoms with Crippen molar-refractivity contribution in [3.05, 3.63) is 48.0 Å². The van der Waals surface area contributed by atoms with Gasteiger partial charge in [-0.3, -0.25) is 4.79 Å². The van der Waals surface area contributed by atoms with Crippen molar-refractivity contribution >= 4 is 22.4 Å². The lowest BCUT2D eigenvalue weighted by molar-refractivity contribution is -0.120. The molecule has 2 aromatic carbocycles. The Morgan fingerprint density at radius 3 is 2.86 bits per heavy atom. The fraction of sp³-hybridized carbons (Fsp3) is 0.368. The summed E-state index contributed by atoms with van der Waals surface area (Å²) in [4.78, 5) is 12.2. The average molecular weight is 294 g/mol. The summed E-state index contributed by atoms with van der Waals surface area (Å²) in [6.07, 6.45) is 5.01. The summed E-state index contributed by atoms with van der Waals surface area (Å²) in [5.41, 5.74) is 4.93. The molecule has 3 rings (SSSR count). The van der Waals surface area contributed by atoms with Gasteiger partial charge >= 0.3 is 0 Å². The summed E-state index contributed by atoms with van der Waals surface area (Å²) >= 11 is 0. The molecular weight excluding hydrogens is 272 g/mol. The molecule has 1 N–H and O–H groups in total. The molecule has 3 nitrogen and oxygen atoms in total. The molecule has 0 spiro atoms. The van der Waals surface area contributed by atoms with E-state index in [0.29, 0.717) is 12.3 Å². The number of nitrogens with zero attached hydrogens (tertiary/aromatic N) is 1. The van der Waals surface area contributed by atoms with Gasteiger partial charge in [0.05, 0.1) is 6.42 Å². The molecule has 1 aliphatic carbocycles. The highest BCUT2D eigenvalue weighted by Gasteiger charge is 2.16. The largest absolute Gasteiger partial charge is 0.273 e. The van der Waals surface area contributed by atoms with E-state index in [2.05, 4.69) is 35.7 Å². The molecule has 1 fully saturated rings. The van der Waals surface area contributed by atoms with E-state index in [1.165, 1.54) is 24.6 Å². The molecule has 3 heteroatoms. The van der Waals surface area contributed by atoms with Crippen LogP contribution in [0.5, 0.6) is 0 Å². The van der Waals surface area contributed by atoms with Gasteiger partial charge in [-0.15, -0.1) is 0 Å². The number of fused-ring (bicyclic) bond motifs is 1. The van der Waals surface area contributed by atoms with E-state index >= 15 is 0 Å². The zero-order valence-electron chi connectivity index (χ0n) is 13.0. The van der Waals surface area contributed by atoms with Crippen molar-refractivity contribution < 1.29 is 4.79 Å². The van der Waals surface area contributed by atoms with Gasteiger partial charge in [0.15, 0.2) is 0 Å². The summed E-state index contributed by atoms with van der Waals surface area (Å²) in [5.74, 6) is 0.452. The van der Waals surface area contributed by atoms with Crippen LogP contribution >= 0.6 is 0 Å². The lowest BCUT2D eigenvalue weighted by Crippen LogP contribution is -2.25. The Hall–Kier alpha value is -2.16. The van der Waals surface area contributed by atoms with Crippen LogP contribution in [0, 0.1) is 5.92 Å². The van der Waals surface area contributed by atoms with Gasteiger partial charge in [-0.1, -0.05) is 55.8 Å². The second-order valence-corrected chi connectivity index (χ2v) is 6.10. The fourth-order valence-corrected chi connectivity index (χ4v) is 3.13. The van der Waals surface area contributed by atoms with E-state index in [-0.39, 0.29) is 5.91 Å². The number of amides is 1. The van der Waals surface area contributed by atoms with E-state index < -0.39 is 0 Å². The lowest BCUT2D eigenvalue weighted by Gasteiger charge is -2.19. The molecule has 1 amide bonds. The maximum absolute atomic E-state index is 12.2. The molecule has 0 heterocycles. The third kappa shape index (κ3) is 3.35. The summed E-state index contributed by atoms with van der Waals surface area (Å²) < 4.78 is 0. The number of rotatable bonds is 3. The molecule has 0 bridgehead atoms. The third-order valence-corrected chi connectivity index (χ3v) is 4.44. The van der Waals surface area contributed by atoms with Crippen LogP contribution in [0.25, 0.3) is 10.8 Å². The van der Waals surface area contributed by atoms with Crippen LogP contribution in [-0.4, -0.2) is 11.6 Å². The minimum atomic E-state index is -0.0402. The van der Waals surface area contributed by atoms with Gasteiger partial charge in [0.25, 0.3) is 0 Å². The highest BCUT2D eigenvalue weighted by atomic mass is 16.2. The lowest BCUT2D eigenvalue weighted by atomic mass is 9.89. The number of hydrazone groups is 1. The Bertz CT molecular complexity index is 700. The number of nitrogens with one attached hydrogen (secondary N) is 1. The van der Waals surface area contributed by atoms with Gasteiger partial charge in [-0.05, 0) is 41.5 Å². The van der Waals surface area contributed by atoms with Crippen molar-refractivity contribution in [1.82, 2.24) is 5.43 Å². The van der Waals surface area contributed by atoms with Crippen molar-refractivity contribution in [2.45, 2.75) is 39.0 Å². The number of hydrogen-bond acceptors (Lipinski definition) is 2. The fourth-order valence-electron chi connectivity index (χ4n) is 3.13. The Morgan fingerprint density at radius 2 is 2.00 bits per heavy atom. The van der Waals surface area contributed by atoms with Gasteiger partial charge < -0.3 is 0 Å².